The van der Waals surface area contributed by atoms with E-state index in [-0.39, 0.29) is 12.1 Å². The lowest BCUT2D eigenvalue weighted by atomic mass is 10.2. The van der Waals surface area contributed by atoms with Gasteiger partial charge >= 0.3 is 0 Å². The van der Waals surface area contributed by atoms with Crippen LogP contribution in [0, 0.1) is 11.6 Å². The van der Waals surface area contributed by atoms with Gasteiger partial charge in [-0.15, -0.1) is 0 Å². The van der Waals surface area contributed by atoms with Crippen LogP contribution in [0.3, 0.4) is 0 Å². The molecule has 0 aliphatic rings. The molecule has 0 bridgehead atoms. The monoisotopic (exact) mass is 172 g/mol. The maximum Gasteiger partial charge on any atom is 0.223 e. The number of primary amides is 1. The molecule has 1 amide bonds. The van der Waals surface area contributed by atoms with Crippen LogP contribution in [0.4, 0.5) is 8.78 Å². The number of hydrogen-bond acceptors (Lipinski definition) is 2. The Morgan fingerprint density at radius 2 is 2.25 bits per heavy atom. The largest absolute Gasteiger partial charge is 0.369 e. The van der Waals surface area contributed by atoms with Gasteiger partial charge in [0.05, 0.1) is 18.3 Å². The van der Waals surface area contributed by atoms with Gasteiger partial charge in [0, 0.05) is 6.07 Å². The van der Waals surface area contributed by atoms with E-state index in [2.05, 4.69) is 4.98 Å². The summed E-state index contributed by atoms with van der Waals surface area (Å²) in [7, 11) is 0. The van der Waals surface area contributed by atoms with Gasteiger partial charge in [0.25, 0.3) is 0 Å². The average Bonchev–Trinajstić information content (AvgIpc) is 1.94. The van der Waals surface area contributed by atoms with E-state index in [9.17, 15) is 13.6 Å². The molecule has 3 nitrogen and oxygen atoms in total. The van der Waals surface area contributed by atoms with Crippen molar-refractivity contribution < 1.29 is 13.6 Å². The predicted octanol–water partition coefficient (Wildman–Crippen LogP) is 0.388. The second-order valence-electron chi connectivity index (χ2n) is 2.23. The highest BCUT2D eigenvalue weighted by atomic mass is 19.1. The maximum absolute atomic E-state index is 12.7. The third-order valence-electron chi connectivity index (χ3n) is 1.23. The standard InChI is InChI=1S/C7H6F2N2O/c8-4-1-5(9)6(11-3-4)2-7(10)12/h1,3H,2H2,(H2,10,12). The zero-order chi connectivity index (χ0) is 9.14. The lowest BCUT2D eigenvalue weighted by Gasteiger charge is -1.97. The Bertz CT molecular complexity index is 314. The molecule has 1 aromatic heterocycles. The molecule has 0 atom stereocenters. The second kappa shape index (κ2) is 3.25. The van der Waals surface area contributed by atoms with E-state index in [0.29, 0.717) is 6.07 Å². The molecule has 0 saturated carbocycles. The van der Waals surface area contributed by atoms with Crippen LogP contribution < -0.4 is 5.73 Å². The molecule has 0 saturated heterocycles. The molecule has 0 aliphatic heterocycles. The topological polar surface area (TPSA) is 56.0 Å². The summed E-state index contributed by atoms with van der Waals surface area (Å²) in [6.45, 7) is 0. The zero-order valence-electron chi connectivity index (χ0n) is 6.05. The molecule has 0 fully saturated rings. The van der Waals surface area contributed by atoms with Gasteiger partial charge in [-0.05, 0) is 0 Å². The van der Waals surface area contributed by atoms with Gasteiger partial charge in [0.2, 0.25) is 5.91 Å². The van der Waals surface area contributed by atoms with E-state index in [1.54, 1.807) is 0 Å². The molecule has 64 valence electrons. The van der Waals surface area contributed by atoms with E-state index in [1.807, 2.05) is 0 Å². The van der Waals surface area contributed by atoms with E-state index in [4.69, 9.17) is 5.73 Å². The Hall–Kier alpha value is -1.52. The molecule has 0 aliphatic carbocycles. The SMILES string of the molecule is NC(=O)Cc1ncc(F)cc1F. The van der Waals surface area contributed by atoms with Gasteiger partial charge in [-0.2, -0.15) is 0 Å². The van der Waals surface area contributed by atoms with Gasteiger partial charge in [0.1, 0.15) is 11.6 Å². The van der Waals surface area contributed by atoms with Crippen molar-refractivity contribution in [1.29, 1.82) is 0 Å². The Morgan fingerprint density at radius 3 is 2.75 bits per heavy atom. The first-order chi connectivity index (χ1) is 5.59. The summed E-state index contributed by atoms with van der Waals surface area (Å²) >= 11 is 0. The predicted molar refractivity (Wildman–Crippen MR) is 37.1 cm³/mol. The molecule has 0 unspecified atom stereocenters. The number of carbonyl (C=O) groups excluding carboxylic acids is 1. The summed E-state index contributed by atoms with van der Waals surface area (Å²) in [4.78, 5) is 13.7. The van der Waals surface area contributed by atoms with Crippen LogP contribution >= 0.6 is 0 Å². The van der Waals surface area contributed by atoms with E-state index in [0.717, 1.165) is 6.20 Å². The Balaban J connectivity index is 2.93. The first-order valence-corrected chi connectivity index (χ1v) is 3.18. The summed E-state index contributed by atoms with van der Waals surface area (Å²) in [6.07, 6.45) is 0.521. The van der Waals surface area contributed by atoms with Crippen LogP contribution in [-0.4, -0.2) is 10.9 Å². The molecular weight excluding hydrogens is 166 g/mol. The number of nitrogens with two attached hydrogens (primary N) is 1. The Kier molecular flexibility index (Phi) is 2.32. The number of halogens is 2. The van der Waals surface area contributed by atoms with E-state index in [1.165, 1.54) is 0 Å². The number of hydrogen-bond donors (Lipinski definition) is 1. The van der Waals surface area contributed by atoms with Crippen LogP contribution in [0.2, 0.25) is 0 Å². The molecule has 2 N–H and O–H groups in total. The van der Waals surface area contributed by atoms with Crippen LogP contribution in [0.25, 0.3) is 0 Å². The molecule has 0 spiro atoms. The molecular formula is C7H6F2N2O. The molecule has 1 aromatic rings. The van der Waals surface area contributed by atoms with Crippen molar-refractivity contribution in [3.05, 3.63) is 29.6 Å². The lowest BCUT2D eigenvalue weighted by Crippen LogP contribution is -2.15. The number of aromatic nitrogens is 1. The van der Waals surface area contributed by atoms with Crippen LogP contribution in [-0.2, 0) is 11.2 Å². The third kappa shape index (κ3) is 1.98. The first-order valence-electron chi connectivity index (χ1n) is 3.18. The summed E-state index contributed by atoms with van der Waals surface area (Å²) < 4.78 is 25.0. The molecule has 0 aromatic carbocycles. The molecule has 12 heavy (non-hydrogen) atoms. The molecule has 1 rings (SSSR count). The smallest absolute Gasteiger partial charge is 0.223 e. The molecule has 0 radical (unpaired) electrons. The Labute approximate surface area is 67.2 Å². The molecule has 1 heterocycles. The summed E-state index contributed by atoms with van der Waals surface area (Å²) in [6, 6.07) is 0.658. The lowest BCUT2D eigenvalue weighted by molar-refractivity contribution is -0.117. The number of nitrogens with zero attached hydrogens (tertiary/aromatic N) is 1. The zero-order valence-corrected chi connectivity index (χ0v) is 6.05. The minimum atomic E-state index is -0.853. The van der Waals surface area contributed by atoms with Gasteiger partial charge in [-0.3, -0.25) is 9.78 Å². The van der Waals surface area contributed by atoms with Crippen molar-refractivity contribution in [2.24, 2.45) is 5.73 Å². The molecule has 5 heteroatoms. The first kappa shape index (κ1) is 8.58. The van der Waals surface area contributed by atoms with Crippen molar-refractivity contribution >= 4 is 5.91 Å². The minimum absolute atomic E-state index is 0.135. The van der Waals surface area contributed by atoms with E-state index >= 15 is 0 Å². The quantitative estimate of drug-likeness (QED) is 0.701. The summed E-state index contributed by atoms with van der Waals surface area (Å²) in [5, 5.41) is 0. The normalized spacial score (nSPS) is 9.83. The van der Waals surface area contributed by atoms with Crippen LogP contribution in [0.15, 0.2) is 12.3 Å². The fourth-order valence-electron chi connectivity index (χ4n) is 0.738. The van der Waals surface area contributed by atoms with Crippen molar-refractivity contribution in [2.75, 3.05) is 0 Å². The highest BCUT2D eigenvalue weighted by Gasteiger charge is 2.07. The number of rotatable bonds is 2. The summed E-state index contributed by atoms with van der Waals surface area (Å²) in [5.74, 6) is -2.33. The van der Waals surface area contributed by atoms with Crippen molar-refractivity contribution in [2.45, 2.75) is 6.42 Å². The maximum atomic E-state index is 12.7. The number of pyridine rings is 1. The second-order valence-corrected chi connectivity index (χ2v) is 2.23. The van der Waals surface area contributed by atoms with Gasteiger partial charge in [-0.1, -0.05) is 0 Å². The summed E-state index contributed by atoms with van der Waals surface area (Å²) in [5.41, 5.74) is 4.66. The van der Waals surface area contributed by atoms with Crippen molar-refractivity contribution in [3.63, 3.8) is 0 Å². The van der Waals surface area contributed by atoms with Crippen LogP contribution in [0.5, 0.6) is 0 Å². The minimum Gasteiger partial charge on any atom is -0.369 e. The van der Waals surface area contributed by atoms with Gasteiger partial charge in [0.15, 0.2) is 0 Å². The highest BCUT2D eigenvalue weighted by molar-refractivity contribution is 5.76. The highest BCUT2D eigenvalue weighted by Crippen LogP contribution is 2.05. The number of carbonyl (C=O) groups is 1. The van der Waals surface area contributed by atoms with Crippen LogP contribution in [0.1, 0.15) is 5.69 Å². The fraction of sp³-hybridized carbons (Fsp3) is 0.143. The van der Waals surface area contributed by atoms with Gasteiger partial charge in [-0.25, -0.2) is 8.78 Å². The fourth-order valence-corrected chi connectivity index (χ4v) is 0.738. The van der Waals surface area contributed by atoms with E-state index < -0.39 is 17.5 Å². The Morgan fingerprint density at radius 1 is 1.58 bits per heavy atom. The average molecular weight is 172 g/mol. The third-order valence-corrected chi connectivity index (χ3v) is 1.23. The van der Waals surface area contributed by atoms with Crippen molar-refractivity contribution in [1.82, 2.24) is 4.98 Å². The number of amides is 1. The van der Waals surface area contributed by atoms with Crippen molar-refractivity contribution in [3.8, 4) is 0 Å². The van der Waals surface area contributed by atoms with Gasteiger partial charge < -0.3 is 5.73 Å².